The molecule has 0 aliphatic carbocycles. The number of amides is 1. The Morgan fingerprint density at radius 2 is 1.89 bits per heavy atom. The van der Waals surface area contributed by atoms with Crippen molar-refractivity contribution in [2.45, 2.75) is 26.7 Å². The van der Waals surface area contributed by atoms with E-state index in [1.807, 2.05) is 32.8 Å². The highest BCUT2D eigenvalue weighted by Crippen LogP contribution is 2.22. The van der Waals surface area contributed by atoms with Crippen molar-refractivity contribution in [1.82, 2.24) is 9.80 Å². The van der Waals surface area contributed by atoms with E-state index in [0.29, 0.717) is 19.7 Å². The predicted octanol–water partition coefficient (Wildman–Crippen LogP) is 0.788. The Balaban J connectivity index is 4.58. The third-order valence-electron chi connectivity index (χ3n) is 3.63. The van der Waals surface area contributed by atoms with Crippen LogP contribution in [0.1, 0.15) is 26.7 Å². The monoisotopic (exact) mass is 273 g/mol. The van der Waals surface area contributed by atoms with Crippen molar-refractivity contribution < 1.29 is 9.53 Å². The van der Waals surface area contributed by atoms with Gasteiger partial charge in [-0.3, -0.25) is 4.79 Å². The Morgan fingerprint density at radius 1 is 1.26 bits per heavy atom. The summed E-state index contributed by atoms with van der Waals surface area (Å²) in [6.45, 7) is 7.29. The molecule has 0 fully saturated rings. The Bertz CT molecular complexity index is 253. The molecule has 0 saturated heterocycles. The summed E-state index contributed by atoms with van der Waals surface area (Å²) in [5.74, 6) is 0.147. The van der Waals surface area contributed by atoms with Gasteiger partial charge in [-0.2, -0.15) is 0 Å². The summed E-state index contributed by atoms with van der Waals surface area (Å²) in [6, 6.07) is 0. The third kappa shape index (κ3) is 6.36. The first-order valence-electron chi connectivity index (χ1n) is 7.04. The molecule has 2 N–H and O–H groups in total. The van der Waals surface area contributed by atoms with Crippen LogP contribution < -0.4 is 5.73 Å². The maximum atomic E-state index is 12.6. The first-order valence-corrected chi connectivity index (χ1v) is 7.04. The minimum Gasteiger partial charge on any atom is -0.383 e. The molecule has 0 heterocycles. The minimum atomic E-state index is -0.453. The lowest BCUT2D eigenvalue weighted by atomic mass is 9.86. The normalized spacial score (nSPS) is 14.5. The van der Waals surface area contributed by atoms with Crippen molar-refractivity contribution in [3.05, 3.63) is 0 Å². The zero-order valence-corrected chi connectivity index (χ0v) is 13.2. The largest absolute Gasteiger partial charge is 0.383 e. The van der Waals surface area contributed by atoms with E-state index < -0.39 is 5.41 Å². The lowest BCUT2D eigenvalue weighted by Crippen LogP contribution is -2.47. The van der Waals surface area contributed by atoms with Gasteiger partial charge in [0.1, 0.15) is 0 Å². The molecule has 1 unspecified atom stereocenters. The number of carbonyl (C=O) groups excluding carboxylic acids is 1. The van der Waals surface area contributed by atoms with Crippen LogP contribution in [-0.4, -0.2) is 69.7 Å². The average molecular weight is 273 g/mol. The first kappa shape index (κ1) is 18.4. The lowest BCUT2D eigenvalue weighted by molar-refractivity contribution is -0.141. The van der Waals surface area contributed by atoms with Crippen LogP contribution in [0, 0.1) is 5.41 Å². The molecule has 0 spiro atoms. The summed E-state index contributed by atoms with van der Waals surface area (Å²) in [4.78, 5) is 16.6. The van der Waals surface area contributed by atoms with Gasteiger partial charge in [0.2, 0.25) is 5.91 Å². The molecule has 0 bridgehead atoms. The maximum absolute atomic E-state index is 12.6. The molecular formula is C14H31N3O2. The van der Waals surface area contributed by atoms with Crippen LogP contribution in [0.15, 0.2) is 0 Å². The molecule has 5 nitrogen and oxygen atoms in total. The zero-order valence-electron chi connectivity index (χ0n) is 13.2. The van der Waals surface area contributed by atoms with Gasteiger partial charge in [0.05, 0.1) is 12.0 Å². The van der Waals surface area contributed by atoms with Crippen LogP contribution in [0.5, 0.6) is 0 Å². The van der Waals surface area contributed by atoms with Gasteiger partial charge in [-0.1, -0.05) is 6.92 Å². The predicted molar refractivity (Wildman–Crippen MR) is 79.1 cm³/mol. The maximum Gasteiger partial charge on any atom is 0.229 e. The Hall–Kier alpha value is -0.650. The summed E-state index contributed by atoms with van der Waals surface area (Å²) < 4.78 is 5.09. The van der Waals surface area contributed by atoms with Gasteiger partial charge in [-0.05, 0) is 40.4 Å². The van der Waals surface area contributed by atoms with Crippen molar-refractivity contribution >= 4 is 5.91 Å². The minimum absolute atomic E-state index is 0.147. The number of methoxy groups -OCH3 is 1. The van der Waals surface area contributed by atoms with Crippen LogP contribution in [0.4, 0.5) is 0 Å². The first-order chi connectivity index (χ1) is 8.91. The summed E-state index contributed by atoms with van der Waals surface area (Å²) in [5, 5.41) is 0. The van der Waals surface area contributed by atoms with E-state index in [4.69, 9.17) is 10.5 Å². The number of nitrogens with zero attached hydrogens (tertiary/aromatic N) is 2. The number of hydrogen-bond donors (Lipinski definition) is 1. The van der Waals surface area contributed by atoms with E-state index >= 15 is 0 Å². The highest BCUT2D eigenvalue weighted by molar-refractivity contribution is 5.82. The van der Waals surface area contributed by atoms with Gasteiger partial charge < -0.3 is 20.3 Å². The van der Waals surface area contributed by atoms with Crippen LogP contribution in [0.3, 0.4) is 0 Å². The SMILES string of the molecule is CCC(C)(CN)C(=O)N(CCCN(C)C)CCOC. The van der Waals surface area contributed by atoms with Gasteiger partial charge in [-0.15, -0.1) is 0 Å². The molecule has 0 aromatic rings. The van der Waals surface area contributed by atoms with Gasteiger partial charge in [-0.25, -0.2) is 0 Å². The van der Waals surface area contributed by atoms with E-state index in [-0.39, 0.29) is 5.91 Å². The quantitative estimate of drug-likeness (QED) is 0.639. The molecule has 1 amide bonds. The highest BCUT2D eigenvalue weighted by Gasteiger charge is 2.33. The third-order valence-corrected chi connectivity index (χ3v) is 3.63. The van der Waals surface area contributed by atoms with Crippen molar-refractivity contribution in [2.24, 2.45) is 11.1 Å². The molecule has 1 atom stereocenters. The average Bonchev–Trinajstić information content (AvgIpc) is 2.40. The van der Waals surface area contributed by atoms with E-state index in [0.717, 1.165) is 25.9 Å². The van der Waals surface area contributed by atoms with E-state index in [9.17, 15) is 4.79 Å². The molecule has 0 aromatic heterocycles. The van der Waals surface area contributed by atoms with E-state index in [2.05, 4.69) is 4.90 Å². The second kappa shape index (κ2) is 9.28. The van der Waals surface area contributed by atoms with Crippen molar-refractivity contribution in [1.29, 1.82) is 0 Å². The van der Waals surface area contributed by atoms with Gasteiger partial charge >= 0.3 is 0 Å². The van der Waals surface area contributed by atoms with Gasteiger partial charge in [0, 0.05) is 26.7 Å². The molecular weight excluding hydrogens is 242 g/mol. The standard InChI is InChI=1S/C14H31N3O2/c1-6-14(2,12-15)13(18)17(10-11-19-5)9-7-8-16(3)4/h6-12,15H2,1-5H3. The fourth-order valence-electron chi connectivity index (χ4n) is 1.86. The molecule has 114 valence electrons. The number of carbonyl (C=O) groups is 1. The van der Waals surface area contributed by atoms with Crippen molar-refractivity contribution in [3.8, 4) is 0 Å². The van der Waals surface area contributed by atoms with Gasteiger partial charge in [0.15, 0.2) is 0 Å². The fraction of sp³-hybridized carbons (Fsp3) is 0.929. The Morgan fingerprint density at radius 3 is 2.32 bits per heavy atom. The summed E-state index contributed by atoms with van der Waals surface area (Å²) >= 11 is 0. The molecule has 5 heteroatoms. The van der Waals surface area contributed by atoms with Crippen LogP contribution >= 0.6 is 0 Å². The van der Waals surface area contributed by atoms with Gasteiger partial charge in [0.25, 0.3) is 0 Å². The van der Waals surface area contributed by atoms with Crippen LogP contribution in [0.2, 0.25) is 0 Å². The topological polar surface area (TPSA) is 58.8 Å². The number of hydrogen-bond acceptors (Lipinski definition) is 4. The molecule has 0 saturated carbocycles. The number of ether oxygens (including phenoxy) is 1. The molecule has 0 aromatic carbocycles. The summed E-state index contributed by atoms with van der Waals surface area (Å²) in [5.41, 5.74) is 5.32. The molecule has 19 heavy (non-hydrogen) atoms. The number of nitrogens with two attached hydrogens (primary N) is 1. The molecule has 0 aliphatic heterocycles. The van der Waals surface area contributed by atoms with E-state index in [1.165, 1.54) is 0 Å². The smallest absolute Gasteiger partial charge is 0.229 e. The molecule has 0 aliphatic rings. The van der Waals surface area contributed by atoms with Crippen molar-refractivity contribution in [2.75, 3.05) is 54.0 Å². The fourth-order valence-corrected chi connectivity index (χ4v) is 1.86. The number of rotatable bonds is 10. The summed E-state index contributed by atoms with van der Waals surface area (Å²) in [7, 11) is 5.74. The lowest BCUT2D eigenvalue weighted by Gasteiger charge is -2.33. The Kier molecular flexibility index (Phi) is 8.97. The molecule has 0 radical (unpaired) electrons. The van der Waals surface area contributed by atoms with Crippen molar-refractivity contribution in [3.63, 3.8) is 0 Å². The van der Waals surface area contributed by atoms with Crippen LogP contribution in [0.25, 0.3) is 0 Å². The Labute approximate surface area is 118 Å². The highest BCUT2D eigenvalue weighted by atomic mass is 16.5. The molecule has 0 rings (SSSR count). The van der Waals surface area contributed by atoms with E-state index in [1.54, 1.807) is 7.11 Å². The summed E-state index contributed by atoms with van der Waals surface area (Å²) in [6.07, 6.45) is 1.73. The second-order valence-electron chi connectivity index (χ2n) is 5.56. The zero-order chi connectivity index (χ0) is 14.9. The second-order valence-corrected chi connectivity index (χ2v) is 5.56. The van der Waals surface area contributed by atoms with Crippen LogP contribution in [-0.2, 0) is 9.53 Å².